The third-order valence-electron chi connectivity index (χ3n) is 4.56. The van der Waals surface area contributed by atoms with Crippen LogP contribution in [0.4, 0.5) is 5.82 Å². The second kappa shape index (κ2) is 7.80. The largest absolute Gasteiger partial charge is 0.425 e. The van der Waals surface area contributed by atoms with Crippen molar-refractivity contribution in [2.75, 3.05) is 18.9 Å². The van der Waals surface area contributed by atoms with Crippen LogP contribution in [-0.4, -0.2) is 44.6 Å². The van der Waals surface area contributed by atoms with Crippen molar-refractivity contribution in [2.45, 2.75) is 58.4 Å². The lowest BCUT2D eigenvalue weighted by atomic mass is 10.1. The van der Waals surface area contributed by atoms with Crippen LogP contribution >= 0.6 is 0 Å². The molecular formula is C18H26N6O2. The summed E-state index contributed by atoms with van der Waals surface area (Å²) < 4.78 is 5.59. The number of carbonyl (C=O) groups is 1. The Labute approximate surface area is 153 Å². The summed E-state index contributed by atoms with van der Waals surface area (Å²) in [5, 5.41) is 11.1. The lowest BCUT2D eigenvalue weighted by Gasteiger charge is -2.24. The van der Waals surface area contributed by atoms with Gasteiger partial charge < -0.3 is 14.6 Å². The number of nitrogens with one attached hydrogen (secondary N) is 1. The van der Waals surface area contributed by atoms with E-state index in [1.807, 2.05) is 38.8 Å². The number of rotatable bonds is 6. The number of aromatic nitrogens is 4. The van der Waals surface area contributed by atoms with E-state index in [9.17, 15) is 4.79 Å². The van der Waals surface area contributed by atoms with Crippen molar-refractivity contribution in [3.05, 3.63) is 29.4 Å². The Morgan fingerprint density at radius 1 is 1.38 bits per heavy atom. The van der Waals surface area contributed by atoms with Crippen molar-refractivity contribution >= 4 is 11.7 Å². The lowest BCUT2D eigenvalue weighted by molar-refractivity contribution is -0.132. The maximum atomic E-state index is 12.8. The van der Waals surface area contributed by atoms with Crippen molar-refractivity contribution in [3.63, 3.8) is 0 Å². The van der Waals surface area contributed by atoms with Crippen LogP contribution in [0.5, 0.6) is 0 Å². The maximum absolute atomic E-state index is 12.8. The summed E-state index contributed by atoms with van der Waals surface area (Å²) >= 11 is 0. The van der Waals surface area contributed by atoms with Gasteiger partial charge in [0.2, 0.25) is 17.7 Å². The molecule has 1 N–H and O–H groups in total. The minimum Gasteiger partial charge on any atom is -0.425 e. The summed E-state index contributed by atoms with van der Waals surface area (Å²) in [6.07, 6.45) is 2.72. The molecule has 0 bridgehead atoms. The third kappa shape index (κ3) is 4.00. The van der Waals surface area contributed by atoms with Crippen molar-refractivity contribution < 1.29 is 9.21 Å². The monoisotopic (exact) mass is 358 g/mol. The molecule has 2 aromatic rings. The van der Waals surface area contributed by atoms with Crippen LogP contribution in [0.25, 0.3) is 0 Å². The molecule has 1 saturated heterocycles. The fourth-order valence-electron chi connectivity index (χ4n) is 3.22. The molecular weight excluding hydrogens is 332 g/mol. The molecule has 0 aromatic carbocycles. The van der Waals surface area contributed by atoms with Gasteiger partial charge in [-0.25, -0.2) is 9.97 Å². The fraction of sp³-hybridized carbons (Fsp3) is 0.611. The zero-order valence-electron chi connectivity index (χ0n) is 15.8. The number of hydrogen-bond acceptors (Lipinski definition) is 7. The van der Waals surface area contributed by atoms with Crippen LogP contribution in [0.2, 0.25) is 0 Å². The van der Waals surface area contributed by atoms with E-state index in [1.54, 1.807) is 0 Å². The summed E-state index contributed by atoms with van der Waals surface area (Å²) in [7, 11) is 1.83. The van der Waals surface area contributed by atoms with Crippen molar-refractivity contribution in [1.82, 2.24) is 25.1 Å². The number of carbonyl (C=O) groups excluding carboxylic acids is 1. The molecule has 1 unspecified atom stereocenters. The van der Waals surface area contributed by atoms with E-state index in [0.29, 0.717) is 30.4 Å². The van der Waals surface area contributed by atoms with Crippen molar-refractivity contribution in [1.29, 1.82) is 0 Å². The Kier molecular flexibility index (Phi) is 5.49. The van der Waals surface area contributed by atoms with E-state index >= 15 is 0 Å². The molecule has 140 valence electrons. The Morgan fingerprint density at radius 3 is 2.88 bits per heavy atom. The van der Waals surface area contributed by atoms with Crippen LogP contribution in [0.3, 0.4) is 0 Å². The Bertz CT molecular complexity index is 773. The maximum Gasteiger partial charge on any atom is 0.223 e. The van der Waals surface area contributed by atoms with Crippen LogP contribution in [-0.2, 0) is 11.2 Å². The average molecular weight is 358 g/mol. The van der Waals surface area contributed by atoms with Crippen LogP contribution < -0.4 is 5.32 Å². The highest BCUT2D eigenvalue weighted by Crippen LogP contribution is 2.32. The van der Waals surface area contributed by atoms with E-state index in [-0.39, 0.29) is 17.9 Å². The zero-order valence-corrected chi connectivity index (χ0v) is 15.8. The molecule has 0 aliphatic carbocycles. The number of hydrogen-bond donors (Lipinski definition) is 1. The smallest absolute Gasteiger partial charge is 0.223 e. The molecule has 8 heteroatoms. The zero-order chi connectivity index (χ0) is 18.7. The first-order valence-electron chi connectivity index (χ1n) is 9.13. The van der Waals surface area contributed by atoms with Gasteiger partial charge in [0.1, 0.15) is 11.6 Å². The van der Waals surface area contributed by atoms with Gasteiger partial charge in [0.15, 0.2) is 0 Å². The van der Waals surface area contributed by atoms with E-state index in [2.05, 4.69) is 25.5 Å². The van der Waals surface area contributed by atoms with Gasteiger partial charge in [-0.05, 0) is 19.8 Å². The second-order valence-corrected chi connectivity index (χ2v) is 6.91. The highest BCUT2D eigenvalue weighted by Gasteiger charge is 2.31. The predicted molar refractivity (Wildman–Crippen MR) is 96.7 cm³/mol. The predicted octanol–water partition coefficient (Wildman–Crippen LogP) is 2.63. The molecule has 26 heavy (non-hydrogen) atoms. The minimum atomic E-state index is 0.00482. The fourth-order valence-corrected chi connectivity index (χ4v) is 3.22. The molecule has 0 spiro atoms. The molecule has 1 aliphatic heterocycles. The molecule has 8 nitrogen and oxygen atoms in total. The molecule has 1 fully saturated rings. The molecule has 0 saturated carbocycles. The van der Waals surface area contributed by atoms with Crippen molar-refractivity contribution in [3.8, 4) is 0 Å². The topological polar surface area (TPSA) is 97.0 Å². The van der Waals surface area contributed by atoms with Gasteiger partial charge >= 0.3 is 0 Å². The van der Waals surface area contributed by atoms with Gasteiger partial charge in [-0.1, -0.05) is 13.8 Å². The van der Waals surface area contributed by atoms with Gasteiger partial charge in [-0.15, -0.1) is 10.2 Å². The Balaban J connectivity index is 1.67. The van der Waals surface area contributed by atoms with Crippen LogP contribution in [0, 0.1) is 6.92 Å². The number of anilines is 1. The lowest BCUT2D eigenvalue weighted by Crippen LogP contribution is -2.31. The van der Waals surface area contributed by atoms with Crippen LogP contribution in [0.15, 0.2) is 10.5 Å². The third-order valence-corrected chi connectivity index (χ3v) is 4.56. The normalized spacial score (nSPS) is 17.1. The van der Waals surface area contributed by atoms with E-state index in [4.69, 9.17) is 4.42 Å². The quantitative estimate of drug-likeness (QED) is 0.847. The van der Waals surface area contributed by atoms with Gasteiger partial charge in [-0.3, -0.25) is 4.79 Å². The summed E-state index contributed by atoms with van der Waals surface area (Å²) in [6.45, 7) is 6.62. The van der Waals surface area contributed by atoms with E-state index < -0.39 is 0 Å². The summed E-state index contributed by atoms with van der Waals surface area (Å²) in [5.41, 5.74) is 0.896. The molecule has 0 radical (unpaired) electrons. The van der Waals surface area contributed by atoms with Gasteiger partial charge in [0.05, 0.1) is 11.7 Å². The van der Waals surface area contributed by atoms with Gasteiger partial charge in [-0.2, -0.15) is 0 Å². The van der Waals surface area contributed by atoms with Crippen LogP contribution in [0.1, 0.15) is 68.4 Å². The molecule has 3 heterocycles. The highest BCUT2D eigenvalue weighted by molar-refractivity contribution is 5.77. The molecule has 1 aliphatic rings. The first-order valence-corrected chi connectivity index (χ1v) is 9.13. The van der Waals surface area contributed by atoms with Gasteiger partial charge in [0.25, 0.3) is 0 Å². The Hall–Kier alpha value is -2.51. The minimum absolute atomic E-state index is 0.00482. The van der Waals surface area contributed by atoms with E-state index in [0.717, 1.165) is 30.9 Å². The molecule has 1 atom stereocenters. The SMILES string of the molecule is CNc1cc(C2CCCN2C(=O)CCc2nnc(C(C)C)o2)nc(C)n1. The highest BCUT2D eigenvalue weighted by atomic mass is 16.4. The van der Waals surface area contributed by atoms with Gasteiger partial charge in [0, 0.05) is 38.4 Å². The Morgan fingerprint density at radius 2 is 2.19 bits per heavy atom. The molecule has 2 aromatic heterocycles. The van der Waals surface area contributed by atoms with Crippen molar-refractivity contribution in [2.24, 2.45) is 0 Å². The number of likely N-dealkylation sites (tertiary alicyclic amines) is 1. The first-order chi connectivity index (χ1) is 12.5. The average Bonchev–Trinajstić information content (AvgIpc) is 3.28. The van der Waals surface area contributed by atoms with E-state index in [1.165, 1.54) is 0 Å². The molecule has 1 amide bonds. The summed E-state index contributed by atoms with van der Waals surface area (Å²) in [4.78, 5) is 23.6. The number of aryl methyl sites for hydroxylation is 2. The standard InChI is InChI=1S/C18H26N6O2/c1-11(2)18-23-22-16(26-18)7-8-17(25)24-9-5-6-14(24)13-10-15(19-4)21-12(3)20-13/h10-11,14H,5-9H2,1-4H3,(H,19,20,21). The summed E-state index contributed by atoms with van der Waals surface area (Å²) in [6, 6.07) is 1.93. The number of nitrogens with zero attached hydrogens (tertiary/aromatic N) is 5. The molecule has 3 rings (SSSR count). The second-order valence-electron chi connectivity index (χ2n) is 6.91. The number of amides is 1. The summed E-state index contributed by atoms with van der Waals surface area (Å²) in [5.74, 6) is 2.91. The first kappa shape index (κ1) is 18.3.